The van der Waals surface area contributed by atoms with Gasteiger partial charge in [0, 0.05) is 6.20 Å². The SMILES string of the molecule is COC(=O)c1cnc2ccc(Cl)nc2c1. The van der Waals surface area contributed by atoms with Crippen LogP contribution in [0.2, 0.25) is 5.15 Å². The standard InChI is InChI=1S/C10H7ClN2O2/c1-15-10(14)6-4-8-7(12-5-6)2-3-9(11)13-8/h2-5H,1H3. The van der Waals surface area contributed by atoms with E-state index in [1.54, 1.807) is 18.2 Å². The van der Waals surface area contributed by atoms with Crippen LogP contribution in [-0.4, -0.2) is 23.0 Å². The van der Waals surface area contributed by atoms with Crippen LogP contribution in [0.4, 0.5) is 0 Å². The zero-order chi connectivity index (χ0) is 10.8. The number of esters is 1. The smallest absolute Gasteiger partial charge is 0.339 e. The van der Waals surface area contributed by atoms with Gasteiger partial charge in [0.15, 0.2) is 0 Å². The maximum atomic E-state index is 11.2. The molecule has 0 radical (unpaired) electrons. The molecule has 0 aliphatic carbocycles. The van der Waals surface area contributed by atoms with E-state index in [2.05, 4.69) is 14.7 Å². The monoisotopic (exact) mass is 222 g/mol. The van der Waals surface area contributed by atoms with E-state index in [4.69, 9.17) is 11.6 Å². The summed E-state index contributed by atoms with van der Waals surface area (Å²) < 4.78 is 4.58. The van der Waals surface area contributed by atoms with Crippen LogP contribution < -0.4 is 0 Å². The minimum absolute atomic E-state index is 0.361. The fraction of sp³-hybridized carbons (Fsp3) is 0.100. The van der Waals surface area contributed by atoms with Crippen LogP contribution in [0.5, 0.6) is 0 Å². The van der Waals surface area contributed by atoms with E-state index in [9.17, 15) is 4.79 Å². The van der Waals surface area contributed by atoms with Gasteiger partial charge in [0.1, 0.15) is 5.15 Å². The Kier molecular flexibility index (Phi) is 2.51. The van der Waals surface area contributed by atoms with Gasteiger partial charge in [-0.25, -0.2) is 9.78 Å². The number of pyridine rings is 2. The number of halogens is 1. The Morgan fingerprint density at radius 3 is 2.93 bits per heavy atom. The molecule has 0 bridgehead atoms. The van der Waals surface area contributed by atoms with E-state index in [1.807, 2.05) is 0 Å². The average molecular weight is 223 g/mol. The molecular formula is C10H7ClN2O2. The topological polar surface area (TPSA) is 52.1 Å². The van der Waals surface area contributed by atoms with Crippen molar-refractivity contribution in [2.45, 2.75) is 0 Å². The first-order valence-electron chi connectivity index (χ1n) is 4.21. The lowest BCUT2D eigenvalue weighted by Gasteiger charge is -2.00. The fourth-order valence-corrected chi connectivity index (χ4v) is 1.37. The molecule has 5 heteroatoms. The van der Waals surface area contributed by atoms with E-state index in [-0.39, 0.29) is 0 Å². The highest BCUT2D eigenvalue weighted by Gasteiger charge is 2.07. The lowest BCUT2D eigenvalue weighted by atomic mass is 10.2. The number of ether oxygens (including phenoxy) is 1. The Balaban J connectivity index is 2.59. The number of methoxy groups -OCH3 is 1. The Bertz CT molecular complexity index is 528. The summed E-state index contributed by atoms with van der Waals surface area (Å²) in [6.45, 7) is 0. The summed E-state index contributed by atoms with van der Waals surface area (Å²) in [6, 6.07) is 4.99. The number of carbonyl (C=O) groups excluding carboxylic acids is 1. The maximum Gasteiger partial charge on any atom is 0.339 e. The molecule has 0 aromatic carbocycles. The molecular weight excluding hydrogens is 216 g/mol. The lowest BCUT2D eigenvalue weighted by molar-refractivity contribution is 0.0600. The van der Waals surface area contributed by atoms with Gasteiger partial charge in [-0.1, -0.05) is 11.6 Å². The van der Waals surface area contributed by atoms with E-state index < -0.39 is 5.97 Å². The van der Waals surface area contributed by atoms with Crippen LogP contribution in [0.25, 0.3) is 11.0 Å². The summed E-state index contributed by atoms with van der Waals surface area (Å²) in [4.78, 5) is 19.3. The van der Waals surface area contributed by atoms with Crippen LogP contribution in [0.15, 0.2) is 24.4 Å². The van der Waals surface area contributed by atoms with Crippen molar-refractivity contribution in [3.05, 3.63) is 35.1 Å². The molecule has 0 fully saturated rings. The number of rotatable bonds is 1. The summed E-state index contributed by atoms with van der Waals surface area (Å²) in [5.74, 6) is -0.439. The van der Waals surface area contributed by atoms with Gasteiger partial charge in [0.05, 0.1) is 23.7 Å². The molecule has 0 atom stereocenters. The molecule has 0 saturated carbocycles. The second-order valence-corrected chi connectivity index (χ2v) is 3.28. The molecule has 4 nitrogen and oxygen atoms in total. The summed E-state index contributed by atoms with van der Waals surface area (Å²) in [6.07, 6.45) is 1.45. The molecule has 0 aliphatic rings. The summed E-state index contributed by atoms with van der Waals surface area (Å²) in [5.41, 5.74) is 1.62. The van der Waals surface area contributed by atoms with Gasteiger partial charge in [0.25, 0.3) is 0 Å². The summed E-state index contributed by atoms with van der Waals surface area (Å²) >= 11 is 5.73. The van der Waals surface area contributed by atoms with Gasteiger partial charge < -0.3 is 4.74 Å². The first-order chi connectivity index (χ1) is 7.20. The molecule has 0 amide bonds. The van der Waals surface area contributed by atoms with Crippen molar-refractivity contribution in [1.29, 1.82) is 0 Å². The molecule has 2 heterocycles. The van der Waals surface area contributed by atoms with Crippen molar-refractivity contribution in [3.63, 3.8) is 0 Å². The molecule has 0 N–H and O–H groups in total. The van der Waals surface area contributed by atoms with Gasteiger partial charge in [-0.15, -0.1) is 0 Å². The van der Waals surface area contributed by atoms with Crippen molar-refractivity contribution in [1.82, 2.24) is 9.97 Å². The normalized spacial score (nSPS) is 10.3. The molecule has 0 unspecified atom stereocenters. The van der Waals surface area contributed by atoms with E-state index in [1.165, 1.54) is 13.3 Å². The summed E-state index contributed by atoms with van der Waals surface area (Å²) in [5, 5.41) is 0.367. The zero-order valence-electron chi connectivity index (χ0n) is 7.90. The van der Waals surface area contributed by atoms with E-state index in [0.717, 1.165) is 0 Å². The second-order valence-electron chi connectivity index (χ2n) is 2.89. The third kappa shape index (κ3) is 1.89. The summed E-state index contributed by atoms with van der Waals surface area (Å²) in [7, 11) is 1.32. The first kappa shape index (κ1) is 9.86. The number of carbonyl (C=O) groups is 1. The van der Waals surface area contributed by atoms with E-state index >= 15 is 0 Å². The highest BCUT2D eigenvalue weighted by atomic mass is 35.5. The minimum atomic E-state index is -0.439. The molecule has 2 aromatic heterocycles. The third-order valence-electron chi connectivity index (χ3n) is 1.92. The molecule has 0 saturated heterocycles. The Morgan fingerprint density at radius 1 is 1.40 bits per heavy atom. The van der Waals surface area contributed by atoms with Crippen LogP contribution in [0, 0.1) is 0 Å². The van der Waals surface area contributed by atoms with Crippen molar-refractivity contribution in [2.24, 2.45) is 0 Å². The predicted octanol–water partition coefficient (Wildman–Crippen LogP) is 2.07. The highest BCUT2D eigenvalue weighted by molar-refractivity contribution is 6.29. The number of nitrogens with zero attached hydrogens (tertiary/aromatic N) is 2. The quantitative estimate of drug-likeness (QED) is 0.548. The Labute approximate surface area is 90.9 Å². The maximum absolute atomic E-state index is 11.2. The molecule has 0 aliphatic heterocycles. The van der Waals surface area contributed by atoms with Gasteiger partial charge in [-0.2, -0.15) is 0 Å². The molecule has 2 rings (SSSR count). The van der Waals surface area contributed by atoms with Crippen LogP contribution >= 0.6 is 11.6 Å². The van der Waals surface area contributed by atoms with Crippen molar-refractivity contribution in [2.75, 3.05) is 7.11 Å². The highest BCUT2D eigenvalue weighted by Crippen LogP contribution is 2.14. The van der Waals surface area contributed by atoms with Gasteiger partial charge in [-0.05, 0) is 18.2 Å². The number of hydrogen-bond acceptors (Lipinski definition) is 4. The largest absolute Gasteiger partial charge is 0.465 e. The van der Waals surface area contributed by atoms with Crippen LogP contribution in [0.1, 0.15) is 10.4 Å². The van der Waals surface area contributed by atoms with Gasteiger partial charge in [0.2, 0.25) is 0 Å². The third-order valence-corrected chi connectivity index (χ3v) is 2.13. The predicted molar refractivity (Wildman–Crippen MR) is 55.9 cm³/mol. The second kappa shape index (κ2) is 3.82. The number of aromatic nitrogens is 2. The first-order valence-corrected chi connectivity index (χ1v) is 4.59. The zero-order valence-corrected chi connectivity index (χ0v) is 8.65. The van der Waals surface area contributed by atoms with Gasteiger partial charge >= 0.3 is 5.97 Å². The van der Waals surface area contributed by atoms with E-state index in [0.29, 0.717) is 21.7 Å². The van der Waals surface area contributed by atoms with Crippen molar-refractivity contribution in [3.8, 4) is 0 Å². The fourth-order valence-electron chi connectivity index (χ4n) is 1.21. The molecule has 15 heavy (non-hydrogen) atoms. The van der Waals surface area contributed by atoms with Crippen molar-refractivity contribution >= 4 is 28.6 Å². The van der Waals surface area contributed by atoms with Crippen LogP contribution in [0.3, 0.4) is 0 Å². The Morgan fingerprint density at radius 2 is 2.20 bits per heavy atom. The number of hydrogen-bond donors (Lipinski definition) is 0. The minimum Gasteiger partial charge on any atom is -0.465 e. The average Bonchev–Trinajstić information content (AvgIpc) is 2.27. The number of fused-ring (bicyclic) bond motifs is 1. The lowest BCUT2D eigenvalue weighted by Crippen LogP contribution is -2.01. The molecule has 2 aromatic rings. The molecule has 0 spiro atoms. The van der Waals surface area contributed by atoms with Gasteiger partial charge in [-0.3, -0.25) is 4.98 Å². The molecule has 76 valence electrons. The van der Waals surface area contributed by atoms with Crippen molar-refractivity contribution < 1.29 is 9.53 Å². The van der Waals surface area contributed by atoms with Crippen LogP contribution in [-0.2, 0) is 4.74 Å². The Hall–Kier alpha value is -1.68.